The molecule has 7 heteroatoms. The number of benzene rings is 1. The largest absolute Gasteiger partial charge is 0.338 e. The van der Waals surface area contributed by atoms with E-state index in [1.54, 1.807) is 11.3 Å². The number of hydrogen-bond donors (Lipinski definition) is 1. The van der Waals surface area contributed by atoms with Gasteiger partial charge >= 0.3 is 0 Å². The van der Waals surface area contributed by atoms with Crippen molar-refractivity contribution in [3.05, 3.63) is 34.7 Å². The monoisotopic (exact) mass is 407 g/mol. The van der Waals surface area contributed by atoms with Crippen LogP contribution < -0.4 is 5.32 Å². The van der Waals surface area contributed by atoms with Crippen LogP contribution in [-0.4, -0.2) is 60.9 Å². The molecule has 2 amide bonds. The van der Waals surface area contributed by atoms with Gasteiger partial charge in [-0.05, 0) is 49.2 Å². The predicted octanol–water partition coefficient (Wildman–Crippen LogP) is 2.92. The topological polar surface area (TPSA) is 52.7 Å². The van der Waals surface area contributed by atoms with Crippen LogP contribution in [0.25, 0.3) is 10.1 Å². The van der Waals surface area contributed by atoms with Gasteiger partial charge in [-0.25, -0.2) is 0 Å². The molecule has 2 aromatic rings. The van der Waals surface area contributed by atoms with E-state index in [1.165, 1.54) is 12.8 Å². The Hall–Kier alpha value is -1.63. The van der Waals surface area contributed by atoms with Crippen molar-refractivity contribution in [3.8, 4) is 0 Å². The third-order valence-corrected chi connectivity index (χ3v) is 6.62. The first-order valence-electron chi connectivity index (χ1n) is 9.39. The molecular formula is C20H26ClN3O2S. The molecule has 1 aliphatic heterocycles. The van der Waals surface area contributed by atoms with E-state index in [9.17, 15) is 9.59 Å². The van der Waals surface area contributed by atoms with Gasteiger partial charge in [-0.3, -0.25) is 9.59 Å². The summed E-state index contributed by atoms with van der Waals surface area (Å²) >= 11 is 1.57. The van der Waals surface area contributed by atoms with Gasteiger partial charge in [0.1, 0.15) is 0 Å². The van der Waals surface area contributed by atoms with E-state index in [1.807, 2.05) is 28.9 Å². The van der Waals surface area contributed by atoms with Gasteiger partial charge in [0.05, 0.1) is 11.4 Å². The molecule has 1 N–H and O–H groups in total. The first-order chi connectivity index (χ1) is 12.6. The Morgan fingerprint density at radius 1 is 1.11 bits per heavy atom. The number of rotatable bonds is 5. The summed E-state index contributed by atoms with van der Waals surface area (Å²) in [5, 5.41) is 4.42. The maximum Gasteiger partial charge on any atom is 0.264 e. The Balaban J connectivity index is 0.00000210. The molecule has 2 fully saturated rings. The molecule has 1 aromatic heterocycles. The minimum atomic E-state index is 0. The van der Waals surface area contributed by atoms with E-state index in [2.05, 4.69) is 17.4 Å². The van der Waals surface area contributed by atoms with Crippen molar-refractivity contribution >= 4 is 45.6 Å². The molecule has 0 radical (unpaired) electrons. The zero-order valence-electron chi connectivity index (χ0n) is 15.6. The highest BCUT2D eigenvalue weighted by Gasteiger charge is 2.27. The Morgan fingerprint density at radius 3 is 2.44 bits per heavy atom. The summed E-state index contributed by atoms with van der Waals surface area (Å²) in [5.41, 5.74) is 1.07. The van der Waals surface area contributed by atoms with Crippen molar-refractivity contribution in [2.75, 3.05) is 39.3 Å². The Bertz CT molecular complexity index is 826. The molecule has 2 heterocycles. The Morgan fingerprint density at radius 2 is 1.78 bits per heavy atom. The van der Waals surface area contributed by atoms with Gasteiger partial charge in [0.25, 0.3) is 5.91 Å². The quantitative estimate of drug-likeness (QED) is 0.829. The summed E-state index contributed by atoms with van der Waals surface area (Å²) in [5.74, 6) is 1.03. The molecular weight excluding hydrogens is 382 g/mol. The van der Waals surface area contributed by atoms with E-state index < -0.39 is 0 Å². The highest BCUT2D eigenvalue weighted by atomic mass is 35.5. The molecule has 5 nitrogen and oxygen atoms in total. The smallest absolute Gasteiger partial charge is 0.264 e. The maximum absolute atomic E-state index is 12.9. The highest BCUT2D eigenvalue weighted by molar-refractivity contribution is 7.21. The number of fused-ring (bicyclic) bond motifs is 1. The summed E-state index contributed by atoms with van der Waals surface area (Å²) in [6, 6.07) is 8.16. The molecule has 1 aromatic carbocycles. The fourth-order valence-corrected chi connectivity index (χ4v) is 4.67. The minimum Gasteiger partial charge on any atom is -0.338 e. The normalized spacial score (nSPS) is 17.1. The van der Waals surface area contributed by atoms with E-state index in [0.29, 0.717) is 32.7 Å². The third-order valence-electron chi connectivity index (χ3n) is 5.36. The number of nitrogens with zero attached hydrogens (tertiary/aromatic N) is 2. The SMILES string of the molecule is Cc1c(C(=O)N2CCN(C(=O)CNCC3CC3)CC2)sc2ccccc12.Cl. The first kappa shape index (κ1) is 20.1. The second-order valence-corrected chi connectivity index (χ2v) is 8.35. The van der Waals surface area contributed by atoms with Crippen molar-refractivity contribution in [1.29, 1.82) is 0 Å². The molecule has 4 rings (SSSR count). The van der Waals surface area contributed by atoms with Gasteiger partial charge in [0, 0.05) is 30.9 Å². The van der Waals surface area contributed by atoms with E-state index in [0.717, 1.165) is 33.0 Å². The van der Waals surface area contributed by atoms with Crippen molar-refractivity contribution in [3.63, 3.8) is 0 Å². The van der Waals surface area contributed by atoms with Crippen LogP contribution in [0, 0.1) is 12.8 Å². The van der Waals surface area contributed by atoms with Gasteiger partial charge in [-0.2, -0.15) is 0 Å². The van der Waals surface area contributed by atoms with Crippen LogP contribution in [-0.2, 0) is 4.79 Å². The fraction of sp³-hybridized carbons (Fsp3) is 0.500. The summed E-state index contributed by atoms with van der Waals surface area (Å²) in [6.45, 7) is 5.87. The van der Waals surface area contributed by atoms with Crippen molar-refractivity contribution in [2.24, 2.45) is 5.92 Å². The van der Waals surface area contributed by atoms with Crippen LogP contribution in [0.15, 0.2) is 24.3 Å². The number of carbonyl (C=O) groups is 2. The number of hydrogen-bond acceptors (Lipinski definition) is 4. The summed E-state index contributed by atoms with van der Waals surface area (Å²) in [4.78, 5) is 29.8. The molecule has 27 heavy (non-hydrogen) atoms. The number of thiophene rings is 1. The Labute approximate surface area is 170 Å². The summed E-state index contributed by atoms with van der Waals surface area (Å²) < 4.78 is 1.16. The molecule has 0 bridgehead atoms. The fourth-order valence-electron chi connectivity index (χ4n) is 3.50. The maximum atomic E-state index is 12.9. The van der Waals surface area contributed by atoms with Crippen molar-refractivity contribution < 1.29 is 9.59 Å². The average molecular weight is 408 g/mol. The molecule has 0 atom stereocenters. The zero-order valence-corrected chi connectivity index (χ0v) is 17.2. The van der Waals surface area contributed by atoms with Crippen LogP contribution >= 0.6 is 23.7 Å². The van der Waals surface area contributed by atoms with Crippen molar-refractivity contribution in [2.45, 2.75) is 19.8 Å². The van der Waals surface area contributed by atoms with E-state index in [-0.39, 0.29) is 24.2 Å². The first-order valence-corrected chi connectivity index (χ1v) is 10.2. The molecule has 1 saturated carbocycles. The number of halogens is 1. The number of nitrogens with one attached hydrogen (secondary N) is 1. The third kappa shape index (κ3) is 4.45. The van der Waals surface area contributed by atoms with E-state index >= 15 is 0 Å². The number of aryl methyl sites for hydroxylation is 1. The molecule has 146 valence electrons. The molecule has 1 saturated heterocycles. The number of amides is 2. The van der Waals surface area contributed by atoms with Crippen molar-refractivity contribution in [1.82, 2.24) is 15.1 Å². The zero-order chi connectivity index (χ0) is 18.1. The lowest BCUT2D eigenvalue weighted by Gasteiger charge is -2.34. The molecule has 1 aliphatic carbocycles. The van der Waals surface area contributed by atoms with Gasteiger partial charge in [-0.1, -0.05) is 18.2 Å². The van der Waals surface area contributed by atoms with E-state index in [4.69, 9.17) is 0 Å². The van der Waals surface area contributed by atoms with Crippen LogP contribution in [0.5, 0.6) is 0 Å². The second-order valence-electron chi connectivity index (χ2n) is 7.30. The van der Waals surface area contributed by atoms with Crippen LogP contribution in [0.4, 0.5) is 0 Å². The van der Waals surface area contributed by atoms with Crippen LogP contribution in [0.2, 0.25) is 0 Å². The number of carbonyl (C=O) groups excluding carboxylic acids is 2. The highest BCUT2D eigenvalue weighted by Crippen LogP contribution is 2.31. The lowest BCUT2D eigenvalue weighted by Crippen LogP contribution is -2.52. The van der Waals surface area contributed by atoms with Crippen LogP contribution in [0.1, 0.15) is 28.1 Å². The average Bonchev–Trinajstić information content (AvgIpc) is 3.44. The van der Waals surface area contributed by atoms with Gasteiger partial charge in [0.2, 0.25) is 5.91 Å². The molecule has 2 aliphatic rings. The standard InChI is InChI=1S/C20H25N3O2S.ClH/c1-14-16-4-2-3-5-17(16)26-19(14)20(25)23-10-8-22(9-11-23)18(24)13-21-12-15-6-7-15;/h2-5,15,21H,6-13H2,1H3;1H. The predicted molar refractivity (Wildman–Crippen MR) is 112 cm³/mol. The van der Waals surface area contributed by atoms with Gasteiger partial charge in [-0.15, -0.1) is 23.7 Å². The lowest BCUT2D eigenvalue weighted by molar-refractivity contribution is -0.131. The van der Waals surface area contributed by atoms with Gasteiger partial charge in [0.15, 0.2) is 0 Å². The Kier molecular flexibility index (Phi) is 6.40. The van der Waals surface area contributed by atoms with Crippen LogP contribution in [0.3, 0.4) is 0 Å². The second kappa shape index (κ2) is 8.59. The minimum absolute atomic E-state index is 0. The molecule has 0 unspecified atom stereocenters. The summed E-state index contributed by atoms with van der Waals surface area (Å²) in [6.07, 6.45) is 2.58. The summed E-state index contributed by atoms with van der Waals surface area (Å²) in [7, 11) is 0. The van der Waals surface area contributed by atoms with Gasteiger partial charge < -0.3 is 15.1 Å². The molecule has 0 spiro atoms. The lowest BCUT2D eigenvalue weighted by atomic mass is 10.1. The number of piperazine rings is 1.